The highest BCUT2D eigenvalue weighted by molar-refractivity contribution is 5.17. The molecule has 0 saturated heterocycles. The van der Waals surface area contributed by atoms with Crippen molar-refractivity contribution in [2.45, 2.75) is 53.2 Å². The second kappa shape index (κ2) is 7.65. The van der Waals surface area contributed by atoms with Crippen molar-refractivity contribution in [1.82, 2.24) is 10.2 Å². The summed E-state index contributed by atoms with van der Waals surface area (Å²) in [6.45, 7) is 18.5. The van der Waals surface area contributed by atoms with E-state index >= 15 is 0 Å². The van der Waals surface area contributed by atoms with Gasteiger partial charge in [-0.3, -0.25) is 4.90 Å². The van der Waals surface area contributed by atoms with Crippen LogP contribution in [-0.2, 0) is 13.1 Å². The van der Waals surface area contributed by atoms with Crippen LogP contribution < -0.4 is 5.32 Å². The molecule has 0 radical (unpaired) electrons. The molecule has 3 heteroatoms. The van der Waals surface area contributed by atoms with Crippen molar-refractivity contribution in [3.8, 4) is 0 Å². The van der Waals surface area contributed by atoms with Crippen LogP contribution in [-0.4, -0.2) is 23.5 Å². The lowest BCUT2D eigenvalue weighted by Gasteiger charge is -2.34. The smallest absolute Gasteiger partial charge is 0.122 e. The Morgan fingerprint density at radius 3 is 2.65 bits per heavy atom. The first-order valence-electron chi connectivity index (χ1n) is 7.46. The zero-order valence-electron chi connectivity index (χ0n) is 13.7. The van der Waals surface area contributed by atoms with Gasteiger partial charge in [0, 0.05) is 24.2 Å². The van der Waals surface area contributed by atoms with Crippen LogP contribution in [0.15, 0.2) is 29.4 Å². The topological polar surface area (TPSA) is 28.4 Å². The Morgan fingerprint density at radius 2 is 2.10 bits per heavy atom. The zero-order valence-corrected chi connectivity index (χ0v) is 13.7. The van der Waals surface area contributed by atoms with Crippen molar-refractivity contribution >= 4 is 0 Å². The first-order valence-corrected chi connectivity index (χ1v) is 7.46. The molecule has 1 aromatic heterocycles. The average molecular weight is 278 g/mol. The summed E-state index contributed by atoms with van der Waals surface area (Å²) in [6, 6.07) is 2.08. The Labute approximate surface area is 124 Å². The maximum absolute atomic E-state index is 5.62. The summed E-state index contributed by atoms with van der Waals surface area (Å²) >= 11 is 0. The highest BCUT2D eigenvalue weighted by Crippen LogP contribution is 2.20. The van der Waals surface area contributed by atoms with Crippen molar-refractivity contribution in [2.24, 2.45) is 5.92 Å². The van der Waals surface area contributed by atoms with Gasteiger partial charge < -0.3 is 9.73 Å². The first kappa shape index (κ1) is 17.0. The van der Waals surface area contributed by atoms with Gasteiger partial charge in [-0.1, -0.05) is 19.9 Å². The summed E-state index contributed by atoms with van der Waals surface area (Å²) in [5, 5.41) is 3.44. The molecular weight excluding hydrogens is 248 g/mol. The zero-order chi connectivity index (χ0) is 15.2. The van der Waals surface area contributed by atoms with E-state index in [1.165, 1.54) is 5.56 Å². The number of hydrogen-bond donors (Lipinski definition) is 1. The van der Waals surface area contributed by atoms with Crippen LogP contribution in [0.5, 0.6) is 0 Å². The normalized spacial score (nSPS) is 12.3. The van der Waals surface area contributed by atoms with Gasteiger partial charge in [0.25, 0.3) is 0 Å². The van der Waals surface area contributed by atoms with E-state index in [0.29, 0.717) is 5.92 Å². The van der Waals surface area contributed by atoms with E-state index in [0.717, 1.165) is 31.9 Å². The maximum Gasteiger partial charge on any atom is 0.122 e. The van der Waals surface area contributed by atoms with Gasteiger partial charge in [0.05, 0.1) is 12.8 Å². The number of hydrogen-bond acceptors (Lipinski definition) is 3. The molecule has 1 rings (SSSR count). The number of rotatable bonds is 8. The molecule has 1 heterocycles. The molecule has 0 spiro atoms. The van der Waals surface area contributed by atoms with Gasteiger partial charge in [0.2, 0.25) is 0 Å². The third-order valence-corrected chi connectivity index (χ3v) is 3.34. The largest absolute Gasteiger partial charge is 0.468 e. The molecule has 0 amide bonds. The van der Waals surface area contributed by atoms with Crippen LogP contribution >= 0.6 is 0 Å². The summed E-state index contributed by atoms with van der Waals surface area (Å²) in [5.74, 6) is 1.70. The summed E-state index contributed by atoms with van der Waals surface area (Å²) in [6.07, 6.45) is 3.75. The van der Waals surface area contributed by atoms with E-state index < -0.39 is 0 Å². The molecular formula is C17H30N2O. The predicted molar refractivity (Wildman–Crippen MR) is 85.6 cm³/mol. The maximum atomic E-state index is 5.62. The van der Waals surface area contributed by atoms with Crippen LogP contribution in [0.3, 0.4) is 0 Å². The van der Waals surface area contributed by atoms with Gasteiger partial charge in [-0.05, 0) is 39.3 Å². The minimum atomic E-state index is 0.119. The van der Waals surface area contributed by atoms with Crippen LogP contribution in [0.2, 0.25) is 0 Å². The quantitative estimate of drug-likeness (QED) is 0.733. The highest BCUT2D eigenvalue weighted by atomic mass is 16.3. The molecule has 0 aromatic carbocycles. The Balaban J connectivity index is 2.66. The molecule has 0 aliphatic rings. The van der Waals surface area contributed by atoms with Crippen molar-refractivity contribution < 1.29 is 4.42 Å². The monoisotopic (exact) mass is 278 g/mol. The Morgan fingerprint density at radius 1 is 1.40 bits per heavy atom. The molecule has 1 N–H and O–H groups in total. The van der Waals surface area contributed by atoms with Gasteiger partial charge in [-0.15, -0.1) is 6.58 Å². The van der Waals surface area contributed by atoms with E-state index in [9.17, 15) is 0 Å². The Kier molecular flexibility index (Phi) is 6.50. The number of furan rings is 1. The molecule has 0 bridgehead atoms. The average Bonchev–Trinajstić information content (AvgIpc) is 2.74. The van der Waals surface area contributed by atoms with Crippen LogP contribution in [0.25, 0.3) is 0 Å². The number of nitrogens with one attached hydrogen (secondary N) is 1. The molecule has 0 fully saturated rings. The van der Waals surface area contributed by atoms with Crippen molar-refractivity contribution in [1.29, 1.82) is 0 Å². The molecule has 3 nitrogen and oxygen atoms in total. The fraction of sp³-hybridized carbons (Fsp3) is 0.647. The van der Waals surface area contributed by atoms with E-state index in [1.54, 1.807) is 6.26 Å². The molecule has 114 valence electrons. The summed E-state index contributed by atoms with van der Waals surface area (Å²) in [7, 11) is 0. The summed E-state index contributed by atoms with van der Waals surface area (Å²) in [4.78, 5) is 2.40. The van der Waals surface area contributed by atoms with Gasteiger partial charge >= 0.3 is 0 Å². The highest BCUT2D eigenvalue weighted by Gasteiger charge is 2.21. The lowest BCUT2D eigenvalue weighted by molar-refractivity contribution is 0.144. The second-order valence-corrected chi connectivity index (χ2v) is 6.73. The summed E-state index contributed by atoms with van der Waals surface area (Å²) in [5.41, 5.74) is 1.38. The molecule has 0 aliphatic carbocycles. The SMILES string of the molecule is C=CCN(Cc1ccoc1CNCC(C)C)C(C)(C)C. The second-order valence-electron chi connectivity index (χ2n) is 6.73. The molecule has 0 aliphatic heterocycles. The fourth-order valence-electron chi connectivity index (χ4n) is 2.07. The lowest BCUT2D eigenvalue weighted by atomic mass is 10.0. The fourth-order valence-corrected chi connectivity index (χ4v) is 2.07. The van der Waals surface area contributed by atoms with E-state index in [1.807, 2.05) is 6.08 Å². The molecule has 0 atom stereocenters. The standard InChI is InChI=1S/C17H30N2O/c1-7-9-19(17(4,5)6)13-15-8-10-20-16(15)12-18-11-14(2)3/h7-8,10,14,18H,1,9,11-13H2,2-6H3. The molecule has 0 unspecified atom stereocenters. The van der Waals surface area contributed by atoms with Crippen molar-refractivity contribution in [2.75, 3.05) is 13.1 Å². The molecule has 1 aromatic rings. The van der Waals surface area contributed by atoms with Gasteiger partial charge in [0.15, 0.2) is 0 Å². The third-order valence-electron chi connectivity index (χ3n) is 3.34. The van der Waals surface area contributed by atoms with Gasteiger partial charge in [-0.25, -0.2) is 0 Å². The Bertz CT molecular complexity index is 401. The lowest BCUT2D eigenvalue weighted by Crippen LogP contribution is -2.41. The third kappa shape index (κ3) is 5.51. The van der Waals surface area contributed by atoms with E-state index in [-0.39, 0.29) is 5.54 Å². The van der Waals surface area contributed by atoms with E-state index in [2.05, 4.69) is 57.5 Å². The van der Waals surface area contributed by atoms with E-state index in [4.69, 9.17) is 4.42 Å². The van der Waals surface area contributed by atoms with Crippen LogP contribution in [0.1, 0.15) is 45.9 Å². The van der Waals surface area contributed by atoms with Gasteiger partial charge in [-0.2, -0.15) is 0 Å². The van der Waals surface area contributed by atoms with Crippen molar-refractivity contribution in [3.05, 3.63) is 36.3 Å². The summed E-state index contributed by atoms with van der Waals surface area (Å²) < 4.78 is 5.62. The number of nitrogens with zero attached hydrogens (tertiary/aromatic N) is 1. The van der Waals surface area contributed by atoms with Crippen molar-refractivity contribution in [3.63, 3.8) is 0 Å². The minimum absolute atomic E-state index is 0.119. The van der Waals surface area contributed by atoms with Crippen LogP contribution in [0, 0.1) is 5.92 Å². The first-order chi connectivity index (χ1) is 9.34. The van der Waals surface area contributed by atoms with Gasteiger partial charge in [0.1, 0.15) is 5.76 Å². The Hall–Kier alpha value is -1.06. The van der Waals surface area contributed by atoms with Crippen LogP contribution in [0.4, 0.5) is 0 Å². The molecule has 20 heavy (non-hydrogen) atoms. The minimum Gasteiger partial charge on any atom is -0.468 e. The predicted octanol–water partition coefficient (Wildman–Crippen LogP) is 3.81. The molecule has 0 saturated carbocycles.